The quantitative estimate of drug-likeness (QED) is 0.408. The first kappa shape index (κ1) is 24.1. The van der Waals surface area contributed by atoms with Crippen LogP contribution in [0.5, 0.6) is 5.75 Å². The number of hydrogen-bond donors (Lipinski definition) is 2. The van der Waals surface area contributed by atoms with Crippen molar-refractivity contribution in [3.8, 4) is 11.8 Å². The standard InChI is InChI=1S/C26H24FN7O3/c1-34-15-19(14-30-34)24(16-2-3-17(12-28)22(27)10-16)33-26(35)37-21-5-4-18-13-29-25(32-23(18)11-21)31-20-6-8-36-9-7-20/h2-5,10-11,13-15,20,24H,6-9H2,1H3,(H,33,35)(H,29,31,32)/t24-/m1/s1. The summed E-state index contributed by atoms with van der Waals surface area (Å²) in [7, 11) is 1.74. The number of hydrogen-bond acceptors (Lipinski definition) is 8. The Morgan fingerprint density at radius 1 is 1.22 bits per heavy atom. The van der Waals surface area contributed by atoms with Crippen LogP contribution in [0.4, 0.5) is 15.1 Å². The van der Waals surface area contributed by atoms with E-state index in [-0.39, 0.29) is 17.4 Å². The number of aromatic nitrogens is 4. The number of nitriles is 1. The number of amides is 1. The molecule has 4 aromatic rings. The normalized spacial score (nSPS) is 14.6. The van der Waals surface area contributed by atoms with Crippen LogP contribution in [0.1, 0.15) is 35.6 Å². The highest BCUT2D eigenvalue weighted by atomic mass is 19.1. The third kappa shape index (κ3) is 5.65. The van der Waals surface area contributed by atoms with Gasteiger partial charge in [-0.3, -0.25) is 4.68 Å². The van der Waals surface area contributed by atoms with E-state index in [1.54, 1.807) is 60.7 Å². The highest BCUT2D eigenvalue weighted by Crippen LogP contribution is 2.25. The number of nitrogens with zero attached hydrogens (tertiary/aromatic N) is 5. The van der Waals surface area contributed by atoms with Crippen LogP contribution in [0.2, 0.25) is 0 Å². The Balaban J connectivity index is 1.34. The number of anilines is 1. The molecule has 2 N–H and O–H groups in total. The maximum Gasteiger partial charge on any atom is 0.413 e. The number of carbonyl (C=O) groups is 1. The summed E-state index contributed by atoms with van der Waals surface area (Å²) in [4.78, 5) is 21.8. The lowest BCUT2D eigenvalue weighted by Gasteiger charge is -2.23. The van der Waals surface area contributed by atoms with Gasteiger partial charge in [-0.15, -0.1) is 0 Å². The largest absolute Gasteiger partial charge is 0.413 e. The second kappa shape index (κ2) is 10.6. The molecule has 11 heteroatoms. The number of ether oxygens (including phenoxy) is 2. The van der Waals surface area contributed by atoms with Crippen molar-refractivity contribution in [2.45, 2.75) is 24.9 Å². The fraction of sp³-hybridized carbons (Fsp3) is 0.269. The molecule has 3 heterocycles. The van der Waals surface area contributed by atoms with Gasteiger partial charge in [0.15, 0.2) is 0 Å². The zero-order valence-corrected chi connectivity index (χ0v) is 20.0. The molecule has 0 saturated carbocycles. The highest BCUT2D eigenvalue weighted by Gasteiger charge is 2.21. The number of nitrogens with one attached hydrogen (secondary N) is 2. The van der Waals surface area contributed by atoms with E-state index in [2.05, 4.69) is 25.7 Å². The molecule has 1 fully saturated rings. The van der Waals surface area contributed by atoms with Crippen molar-refractivity contribution < 1.29 is 18.7 Å². The summed E-state index contributed by atoms with van der Waals surface area (Å²) in [5.41, 5.74) is 1.60. The van der Waals surface area contributed by atoms with Crippen molar-refractivity contribution in [3.05, 3.63) is 77.5 Å². The molecule has 2 aromatic heterocycles. The van der Waals surface area contributed by atoms with Gasteiger partial charge in [0.05, 0.1) is 23.3 Å². The molecule has 2 aromatic carbocycles. The average molecular weight is 502 g/mol. The van der Waals surface area contributed by atoms with E-state index in [9.17, 15) is 9.18 Å². The predicted octanol–water partition coefficient (Wildman–Crippen LogP) is 3.84. The highest BCUT2D eigenvalue weighted by molar-refractivity contribution is 5.81. The molecule has 1 saturated heterocycles. The van der Waals surface area contributed by atoms with Crippen LogP contribution in [0.25, 0.3) is 10.9 Å². The van der Waals surface area contributed by atoms with Crippen LogP contribution in [0, 0.1) is 17.1 Å². The Morgan fingerprint density at radius 3 is 2.78 bits per heavy atom. The van der Waals surface area contributed by atoms with Crippen LogP contribution in [0.15, 0.2) is 55.0 Å². The van der Waals surface area contributed by atoms with Crippen molar-refractivity contribution in [2.75, 3.05) is 18.5 Å². The van der Waals surface area contributed by atoms with Crippen LogP contribution < -0.4 is 15.4 Å². The summed E-state index contributed by atoms with van der Waals surface area (Å²) in [6.07, 6.45) is 6.01. The first-order chi connectivity index (χ1) is 18.0. The van der Waals surface area contributed by atoms with E-state index in [1.807, 2.05) is 0 Å². The summed E-state index contributed by atoms with van der Waals surface area (Å²) in [5, 5.41) is 20.1. The first-order valence-corrected chi connectivity index (χ1v) is 11.8. The molecule has 1 amide bonds. The Bertz CT molecular complexity index is 1480. The van der Waals surface area contributed by atoms with Crippen molar-refractivity contribution in [2.24, 2.45) is 7.05 Å². The second-order valence-electron chi connectivity index (χ2n) is 8.71. The van der Waals surface area contributed by atoms with Crippen molar-refractivity contribution in [3.63, 3.8) is 0 Å². The molecule has 1 atom stereocenters. The third-order valence-electron chi connectivity index (χ3n) is 6.09. The van der Waals surface area contributed by atoms with Crippen LogP contribution in [-0.2, 0) is 11.8 Å². The molecule has 5 rings (SSSR count). The molecule has 1 aliphatic rings. The molecular formula is C26H24FN7O3. The number of fused-ring (bicyclic) bond motifs is 1. The second-order valence-corrected chi connectivity index (χ2v) is 8.71. The predicted molar refractivity (Wildman–Crippen MR) is 132 cm³/mol. The SMILES string of the molecule is Cn1cc([C@H](NC(=O)Oc2ccc3cnc(NC4CCOCC4)nc3c2)c2ccc(C#N)c(F)c2)cn1. The topological polar surface area (TPSA) is 127 Å². The lowest BCUT2D eigenvalue weighted by molar-refractivity contribution is 0.0903. The number of benzene rings is 2. The van der Waals surface area contributed by atoms with Crippen molar-refractivity contribution in [1.29, 1.82) is 5.26 Å². The van der Waals surface area contributed by atoms with Gasteiger partial charge in [-0.05, 0) is 42.7 Å². The molecule has 0 bridgehead atoms. The van der Waals surface area contributed by atoms with Gasteiger partial charge >= 0.3 is 6.09 Å². The molecular weight excluding hydrogens is 477 g/mol. The van der Waals surface area contributed by atoms with E-state index in [4.69, 9.17) is 14.7 Å². The minimum Gasteiger partial charge on any atom is -0.410 e. The van der Waals surface area contributed by atoms with Crippen molar-refractivity contribution in [1.82, 2.24) is 25.1 Å². The van der Waals surface area contributed by atoms with Gasteiger partial charge in [-0.1, -0.05) is 6.07 Å². The lowest BCUT2D eigenvalue weighted by atomic mass is 10.00. The number of rotatable bonds is 6. The average Bonchev–Trinajstić information content (AvgIpc) is 3.33. The smallest absolute Gasteiger partial charge is 0.410 e. The van der Waals surface area contributed by atoms with Crippen LogP contribution >= 0.6 is 0 Å². The van der Waals surface area contributed by atoms with Gasteiger partial charge in [0.1, 0.15) is 17.6 Å². The van der Waals surface area contributed by atoms with Crippen molar-refractivity contribution >= 4 is 22.9 Å². The Kier molecular flexibility index (Phi) is 6.91. The molecule has 188 valence electrons. The minimum absolute atomic E-state index is 0.0832. The maximum absolute atomic E-state index is 14.3. The van der Waals surface area contributed by atoms with Gasteiger partial charge < -0.3 is 20.1 Å². The Hall–Kier alpha value is -4.56. The number of aryl methyl sites for hydroxylation is 1. The molecule has 0 spiro atoms. The van der Waals surface area contributed by atoms with Gasteiger partial charge in [-0.25, -0.2) is 19.2 Å². The van der Waals surface area contributed by atoms with Gasteiger partial charge in [0.2, 0.25) is 5.95 Å². The first-order valence-electron chi connectivity index (χ1n) is 11.8. The van der Waals surface area contributed by atoms with E-state index < -0.39 is 18.0 Å². The fourth-order valence-corrected chi connectivity index (χ4v) is 4.16. The Labute approximate surface area is 212 Å². The van der Waals surface area contributed by atoms with E-state index in [1.165, 1.54) is 12.1 Å². The van der Waals surface area contributed by atoms with Gasteiger partial charge in [0.25, 0.3) is 0 Å². The Morgan fingerprint density at radius 2 is 2.05 bits per heavy atom. The third-order valence-corrected chi connectivity index (χ3v) is 6.09. The van der Waals surface area contributed by atoms with Crippen LogP contribution in [-0.4, -0.2) is 45.1 Å². The number of carbonyl (C=O) groups excluding carboxylic acids is 1. The summed E-state index contributed by atoms with van der Waals surface area (Å²) < 4.78 is 26.8. The fourth-order valence-electron chi connectivity index (χ4n) is 4.16. The lowest BCUT2D eigenvalue weighted by Crippen LogP contribution is -2.31. The van der Waals surface area contributed by atoms with E-state index in [0.717, 1.165) is 18.2 Å². The minimum atomic E-state index is -0.749. The van der Waals surface area contributed by atoms with E-state index in [0.29, 0.717) is 35.8 Å². The number of halogens is 1. The zero-order chi connectivity index (χ0) is 25.8. The molecule has 37 heavy (non-hydrogen) atoms. The van der Waals surface area contributed by atoms with Crippen LogP contribution in [0.3, 0.4) is 0 Å². The van der Waals surface area contributed by atoms with E-state index >= 15 is 0 Å². The molecule has 1 aliphatic heterocycles. The summed E-state index contributed by atoms with van der Waals surface area (Å²) in [5.74, 6) is 0.112. The van der Waals surface area contributed by atoms with Gasteiger partial charge in [0, 0.05) is 55.7 Å². The summed E-state index contributed by atoms with van der Waals surface area (Å²) in [6, 6.07) is 10.5. The molecule has 0 unspecified atom stereocenters. The maximum atomic E-state index is 14.3. The molecule has 0 aliphatic carbocycles. The van der Waals surface area contributed by atoms with Gasteiger partial charge in [-0.2, -0.15) is 10.4 Å². The molecule has 0 radical (unpaired) electrons. The molecule has 10 nitrogen and oxygen atoms in total. The monoisotopic (exact) mass is 501 g/mol. The summed E-state index contributed by atoms with van der Waals surface area (Å²) in [6.45, 7) is 1.40. The zero-order valence-electron chi connectivity index (χ0n) is 20.0. The summed E-state index contributed by atoms with van der Waals surface area (Å²) >= 11 is 0.